The number of nitrogens with zero attached hydrogens (tertiary/aromatic N) is 2. The van der Waals surface area contributed by atoms with Gasteiger partial charge in [-0.3, -0.25) is 9.59 Å². The number of hydrogen-bond acceptors (Lipinski definition) is 5. The van der Waals surface area contributed by atoms with E-state index in [4.69, 9.17) is 9.47 Å². The lowest BCUT2D eigenvalue weighted by Gasteiger charge is -2.33. The highest BCUT2D eigenvalue weighted by molar-refractivity contribution is 8.00. The van der Waals surface area contributed by atoms with Crippen LogP contribution < -0.4 is 14.4 Å². The van der Waals surface area contributed by atoms with Crippen molar-refractivity contribution in [2.45, 2.75) is 18.7 Å². The molecule has 1 aromatic rings. The van der Waals surface area contributed by atoms with Crippen LogP contribution >= 0.6 is 11.8 Å². The summed E-state index contributed by atoms with van der Waals surface area (Å²) in [6.07, 6.45) is 0.571. The standard InChI is InChI=1S/C20H29N3O4S/c1-4-18(24)22-10-7-21(8-11-22)9-12-23-19(25)14-28-20(23)15-5-6-16(26-2)17(13-15)27-3/h5-6,13,20H,4,7-12,14H2,1-3H3/p+1/t20-/m0/s1. The highest BCUT2D eigenvalue weighted by Gasteiger charge is 2.34. The topological polar surface area (TPSA) is 63.5 Å². The summed E-state index contributed by atoms with van der Waals surface area (Å²) < 4.78 is 10.7. The minimum absolute atomic E-state index is 0.00895. The zero-order chi connectivity index (χ0) is 20.1. The summed E-state index contributed by atoms with van der Waals surface area (Å²) in [6.45, 7) is 7.05. The number of amides is 2. The molecule has 154 valence electrons. The van der Waals surface area contributed by atoms with Gasteiger partial charge in [-0.2, -0.15) is 0 Å². The second-order valence-corrected chi connectivity index (χ2v) is 8.17. The lowest BCUT2D eigenvalue weighted by Crippen LogP contribution is -3.15. The summed E-state index contributed by atoms with van der Waals surface area (Å²) in [5.74, 6) is 2.30. The Morgan fingerprint density at radius 3 is 2.57 bits per heavy atom. The maximum Gasteiger partial charge on any atom is 0.234 e. The van der Waals surface area contributed by atoms with Crippen LogP contribution in [0, 0.1) is 0 Å². The molecule has 2 heterocycles. The van der Waals surface area contributed by atoms with Crippen molar-refractivity contribution in [2.24, 2.45) is 0 Å². The average molecular weight is 409 g/mol. The minimum atomic E-state index is 0.00895. The third kappa shape index (κ3) is 4.55. The van der Waals surface area contributed by atoms with Crippen molar-refractivity contribution in [3.05, 3.63) is 23.8 Å². The minimum Gasteiger partial charge on any atom is -0.493 e. The number of hydrogen-bond donors (Lipinski definition) is 1. The zero-order valence-corrected chi connectivity index (χ0v) is 17.7. The number of carbonyl (C=O) groups excluding carboxylic acids is 2. The van der Waals surface area contributed by atoms with E-state index >= 15 is 0 Å². The maximum atomic E-state index is 12.5. The number of ether oxygens (including phenoxy) is 2. The van der Waals surface area contributed by atoms with Crippen LogP contribution in [0.1, 0.15) is 24.3 Å². The Morgan fingerprint density at radius 1 is 1.21 bits per heavy atom. The molecule has 0 aliphatic carbocycles. The van der Waals surface area contributed by atoms with Gasteiger partial charge < -0.3 is 24.2 Å². The Balaban J connectivity index is 1.60. The Bertz CT molecular complexity index is 707. The van der Waals surface area contributed by atoms with Crippen molar-refractivity contribution in [1.82, 2.24) is 9.80 Å². The van der Waals surface area contributed by atoms with E-state index < -0.39 is 0 Å². The predicted octanol–water partition coefficient (Wildman–Crippen LogP) is 0.415. The molecule has 3 rings (SSSR count). The second kappa shape index (κ2) is 9.52. The molecule has 0 bridgehead atoms. The summed E-state index contributed by atoms with van der Waals surface area (Å²) in [5.41, 5.74) is 1.06. The molecule has 1 N–H and O–H groups in total. The van der Waals surface area contributed by atoms with Gasteiger partial charge in [0.1, 0.15) is 5.37 Å². The van der Waals surface area contributed by atoms with Gasteiger partial charge in [-0.15, -0.1) is 11.8 Å². The Kier molecular flexibility index (Phi) is 7.07. The SMILES string of the molecule is CCC(=O)N1CC[NH+](CCN2C(=O)CS[C@H]2c2ccc(OC)c(OC)c2)CC1. The second-order valence-electron chi connectivity index (χ2n) is 7.10. The van der Waals surface area contributed by atoms with Crippen molar-refractivity contribution in [1.29, 1.82) is 0 Å². The summed E-state index contributed by atoms with van der Waals surface area (Å²) >= 11 is 1.66. The molecule has 28 heavy (non-hydrogen) atoms. The first-order valence-electron chi connectivity index (χ1n) is 9.81. The highest BCUT2D eigenvalue weighted by Crippen LogP contribution is 2.41. The first kappa shape index (κ1) is 20.8. The van der Waals surface area contributed by atoms with E-state index in [1.54, 1.807) is 26.0 Å². The molecule has 7 nitrogen and oxygen atoms in total. The predicted molar refractivity (Wildman–Crippen MR) is 109 cm³/mol. The van der Waals surface area contributed by atoms with Gasteiger partial charge in [0.25, 0.3) is 0 Å². The normalized spacial score (nSPS) is 20.5. The fourth-order valence-corrected chi connectivity index (χ4v) is 5.01. The van der Waals surface area contributed by atoms with Crippen LogP contribution in [0.5, 0.6) is 11.5 Å². The van der Waals surface area contributed by atoms with Crippen molar-refractivity contribution >= 4 is 23.6 Å². The number of quaternary nitrogens is 1. The van der Waals surface area contributed by atoms with Crippen LogP contribution in [0.3, 0.4) is 0 Å². The molecule has 1 atom stereocenters. The molecule has 0 aromatic heterocycles. The molecule has 8 heteroatoms. The number of piperazine rings is 1. The number of rotatable bonds is 7. The smallest absolute Gasteiger partial charge is 0.234 e. The van der Waals surface area contributed by atoms with E-state index in [0.29, 0.717) is 23.7 Å². The molecule has 0 saturated carbocycles. The van der Waals surface area contributed by atoms with Crippen LogP contribution in [0.2, 0.25) is 0 Å². The van der Waals surface area contributed by atoms with E-state index in [9.17, 15) is 9.59 Å². The Labute approximate surface area is 170 Å². The van der Waals surface area contributed by atoms with E-state index in [2.05, 4.69) is 0 Å². The molecule has 2 saturated heterocycles. The molecule has 2 aliphatic rings. The third-order valence-corrected chi connectivity index (χ3v) is 6.75. The first-order valence-corrected chi connectivity index (χ1v) is 10.9. The molecular formula is C20H30N3O4S+. The van der Waals surface area contributed by atoms with Gasteiger partial charge in [-0.25, -0.2) is 0 Å². The van der Waals surface area contributed by atoms with E-state index in [-0.39, 0.29) is 17.2 Å². The summed E-state index contributed by atoms with van der Waals surface area (Å²) in [7, 11) is 3.24. The lowest BCUT2D eigenvalue weighted by atomic mass is 10.1. The van der Waals surface area contributed by atoms with Gasteiger partial charge in [-0.1, -0.05) is 13.0 Å². The van der Waals surface area contributed by atoms with Gasteiger partial charge in [0.2, 0.25) is 11.8 Å². The third-order valence-electron chi connectivity index (χ3n) is 5.49. The van der Waals surface area contributed by atoms with E-state index in [0.717, 1.165) is 44.8 Å². The van der Waals surface area contributed by atoms with Gasteiger partial charge >= 0.3 is 0 Å². The van der Waals surface area contributed by atoms with Crippen LogP contribution in [0.25, 0.3) is 0 Å². The molecular weight excluding hydrogens is 378 g/mol. The zero-order valence-electron chi connectivity index (χ0n) is 16.9. The number of methoxy groups -OCH3 is 2. The van der Waals surface area contributed by atoms with Crippen molar-refractivity contribution in [3.63, 3.8) is 0 Å². The van der Waals surface area contributed by atoms with Gasteiger partial charge in [0.15, 0.2) is 11.5 Å². The average Bonchev–Trinajstić information content (AvgIpc) is 3.11. The molecule has 1 aromatic carbocycles. The monoisotopic (exact) mass is 408 g/mol. The number of thioether (sulfide) groups is 1. The number of carbonyl (C=O) groups is 2. The molecule has 0 radical (unpaired) electrons. The summed E-state index contributed by atoms with van der Waals surface area (Å²) in [5, 5.41) is 0.00895. The largest absolute Gasteiger partial charge is 0.493 e. The van der Waals surface area contributed by atoms with Crippen molar-refractivity contribution in [3.8, 4) is 11.5 Å². The summed E-state index contributed by atoms with van der Waals surface area (Å²) in [6, 6.07) is 5.86. The molecule has 2 fully saturated rings. The van der Waals surface area contributed by atoms with Gasteiger partial charge in [0.05, 0.1) is 59.2 Å². The van der Waals surface area contributed by atoms with Crippen LogP contribution in [-0.2, 0) is 9.59 Å². The molecule has 2 amide bonds. The maximum absolute atomic E-state index is 12.5. The fourth-order valence-electron chi connectivity index (χ4n) is 3.80. The van der Waals surface area contributed by atoms with Crippen LogP contribution in [-0.4, -0.2) is 80.9 Å². The van der Waals surface area contributed by atoms with Crippen molar-refractivity contribution in [2.75, 3.05) is 59.2 Å². The Hall–Kier alpha value is -1.93. The van der Waals surface area contributed by atoms with Crippen LogP contribution in [0.4, 0.5) is 0 Å². The van der Waals surface area contributed by atoms with Crippen molar-refractivity contribution < 1.29 is 24.0 Å². The summed E-state index contributed by atoms with van der Waals surface area (Å²) in [4.78, 5) is 29.7. The van der Waals surface area contributed by atoms with Crippen LogP contribution in [0.15, 0.2) is 18.2 Å². The first-order chi connectivity index (χ1) is 13.6. The molecule has 0 unspecified atom stereocenters. The number of nitrogens with one attached hydrogen (secondary N) is 1. The van der Waals surface area contributed by atoms with E-state index in [1.807, 2.05) is 34.9 Å². The van der Waals surface area contributed by atoms with E-state index in [1.165, 1.54) is 4.90 Å². The van der Waals surface area contributed by atoms with Gasteiger partial charge in [-0.05, 0) is 17.7 Å². The lowest BCUT2D eigenvalue weighted by molar-refractivity contribution is -0.903. The van der Waals surface area contributed by atoms with Gasteiger partial charge in [0, 0.05) is 6.42 Å². The fraction of sp³-hybridized carbons (Fsp3) is 0.600. The highest BCUT2D eigenvalue weighted by atomic mass is 32.2. The number of benzene rings is 1. The Morgan fingerprint density at radius 2 is 1.93 bits per heavy atom. The molecule has 2 aliphatic heterocycles. The quantitative estimate of drug-likeness (QED) is 0.708. The molecule has 0 spiro atoms.